The first kappa shape index (κ1) is 24.3. The molecule has 27 heavy (non-hydrogen) atoms. The topological polar surface area (TPSA) is 208 Å². The lowest BCUT2D eigenvalue weighted by Gasteiger charge is -2.23. The first-order valence-corrected chi connectivity index (χ1v) is 8.18. The maximum Gasteiger partial charge on any atom is 0.322 e. The Hall–Kier alpha value is -2.73. The normalized spacial score (nSPS) is 14.0. The van der Waals surface area contributed by atoms with Crippen LogP contribution in [0.2, 0.25) is 0 Å². The number of aliphatic carboxylic acids is 2. The molecule has 0 aliphatic heterocycles. The maximum absolute atomic E-state index is 12.3. The number of carboxylic acid groups (broad SMARTS) is 2. The van der Waals surface area contributed by atoms with Gasteiger partial charge in [0.05, 0.1) is 12.6 Å². The van der Waals surface area contributed by atoms with Crippen molar-refractivity contribution in [3.05, 3.63) is 0 Å². The molecule has 0 radical (unpaired) electrons. The highest BCUT2D eigenvalue weighted by atomic mass is 16.4. The van der Waals surface area contributed by atoms with Crippen molar-refractivity contribution in [1.29, 1.82) is 0 Å². The van der Waals surface area contributed by atoms with Crippen molar-refractivity contribution in [3.8, 4) is 0 Å². The van der Waals surface area contributed by atoms with Gasteiger partial charge in [0.25, 0.3) is 0 Å². The van der Waals surface area contributed by atoms with E-state index in [1.807, 2.05) is 5.32 Å². The number of amides is 3. The molecule has 0 saturated heterocycles. The van der Waals surface area contributed by atoms with Crippen molar-refractivity contribution in [2.75, 3.05) is 13.2 Å². The van der Waals surface area contributed by atoms with Gasteiger partial charge in [-0.15, -0.1) is 0 Å². The van der Waals surface area contributed by atoms with Crippen LogP contribution in [0.5, 0.6) is 0 Å². The van der Waals surface area contributed by atoms with E-state index in [1.54, 1.807) is 13.8 Å². The van der Waals surface area contributed by atoms with E-state index in [-0.39, 0.29) is 12.3 Å². The third kappa shape index (κ3) is 9.51. The third-order valence-electron chi connectivity index (χ3n) is 3.53. The summed E-state index contributed by atoms with van der Waals surface area (Å²) < 4.78 is 0. The minimum Gasteiger partial charge on any atom is -0.481 e. The Morgan fingerprint density at radius 2 is 1.44 bits per heavy atom. The molecule has 3 unspecified atom stereocenters. The number of hydrogen-bond acceptors (Lipinski definition) is 7. The van der Waals surface area contributed by atoms with Gasteiger partial charge in [0.2, 0.25) is 17.7 Å². The Morgan fingerprint density at radius 1 is 0.889 bits per heavy atom. The van der Waals surface area contributed by atoms with Crippen molar-refractivity contribution in [2.24, 2.45) is 11.7 Å². The maximum atomic E-state index is 12.3. The average molecular weight is 390 g/mol. The SMILES string of the molecule is CC(C)C(N)C(=O)NC(CCC(=O)O)C(=O)NC(CO)C(=O)NCC(=O)O. The summed E-state index contributed by atoms with van der Waals surface area (Å²) in [5.41, 5.74) is 5.69. The molecule has 0 aromatic rings. The largest absolute Gasteiger partial charge is 0.481 e. The van der Waals surface area contributed by atoms with Gasteiger partial charge in [-0.1, -0.05) is 13.8 Å². The van der Waals surface area contributed by atoms with Crippen LogP contribution in [-0.4, -0.2) is 76.3 Å². The van der Waals surface area contributed by atoms with E-state index in [4.69, 9.17) is 15.9 Å². The third-order valence-corrected chi connectivity index (χ3v) is 3.53. The van der Waals surface area contributed by atoms with Crippen molar-refractivity contribution in [2.45, 2.75) is 44.8 Å². The number of carbonyl (C=O) groups is 5. The highest BCUT2D eigenvalue weighted by Gasteiger charge is 2.29. The van der Waals surface area contributed by atoms with Crippen molar-refractivity contribution >= 4 is 29.7 Å². The van der Waals surface area contributed by atoms with Crippen LogP contribution >= 0.6 is 0 Å². The van der Waals surface area contributed by atoms with Crippen molar-refractivity contribution < 1.29 is 39.3 Å². The second kappa shape index (κ2) is 11.8. The number of aliphatic hydroxyl groups excluding tert-OH is 1. The number of carbonyl (C=O) groups excluding carboxylic acids is 3. The Kier molecular flexibility index (Phi) is 10.6. The smallest absolute Gasteiger partial charge is 0.322 e. The molecule has 3 atom stereocenters. The summed E-state index contributed by atoms with van der Waals surface area (Å²) in [6, 6.07) is -3.71. The zero-order chi connectivity index (χ0) is 21.1. The second-order valence-corrected chi connectivity index (χ2v) is 6.12. The second-order valence-electron chi connectivity index (χ2n) is 6.12. The lowest BCUT2D eigenvalue weighted by molar-refractivity contribution is -0.139. The fraction of sp³-hybridized carbons (Fsp3) is 0.667. The molecule has 0 bridgehead atoms. The van der Waals surface area contributed by atoms with Crippen LogP contribution in [0.25, 0.3) is 0 Å². The number of hydrogen-bond donors (Lipinski definition) is 7. The average Bonchev–Trinajstić information content (AvgIpc) is 2.59. The predicted octanol–water partition coefficient (Wildman–Crippen LogP) is -3.00. The number of nitrogens with one attached hydrogen (secondary N) is 3. The number of carboxylic acids is 2. The van der Waals surface area contributed by atoms with Crippen LogP contribution in [0, 0.1) is 5.92 Å². The van der Waals surface area contributed by atoms with E-state index < -0.39 is 67.4 Å². The van der Waals surface area contributed by atoms with Gasteiger partial charge in [-0.3, -0.25) is 24.0 Å². The molecule has 0 spiro atoms. The molecule has 0 aromatic carbocycles. The van der Waals surface area contributed by atoms with E-state index in [0.29, 0.717) is 0 Å². The molecule has 3 amide bonds. The molecular weight excluding hydrogens is 364 g/mol. The molecule has 0 heterocycles. The summed E-state index contributed by atoms with van der Waals surface area (Å²) >= 11 is 0. The molecule has 0 aliphatic rings. The van der Waals surface area contributed by atoms with E-state index in [0.717, 1.165) is 0 Å². The quantitative estimate of drug-likeness (QED) is 0.181. The lowest BCUT2D eigenvalue weighted by atomic mass is 10.0. The van der Waals surface area contributed by atoms with Crippen molar-refractivity contribution in [3.63, 3.8) is 0 Å². The van der Waals surface area contributed by atoms with Gasteiger partial charge in [-0.25, -0.2) is 0 Å². The van der Waals surface area contributed by atoms with Crippen LogP contribution in [-0.2, 0) is 24.0 Å². The van der Waals surface area contributed by atoms with E-state index in [9.17, 15) is 29.1 Å². The van der Waals surface area contributed by atoms with Crippen LogP contribution in [0.4, 0.5) is 0 Å². The Labute approximate surface area is 155 Å². The summed E-state index contributed by atoms with van der Waals surface area (Å²) in [5.74, 6) is -5.29. The minimum atomic E-state index is -1.47. The molecule has 8 N–H and O–H groups in total. The molecule has 0 aliphatic carbocycles. The molecular formula is C15H26N4O8. The van der Waals surface area contributed by atoms with Gasteiger partial charge in [0.15, 0.2) is 0 Å². The molecule has 0 aromatic heterocycles. The molecule has 12 heteroatoms. The lowest BCUT2D eigenvalue weighted by Crippen LogP contribution is -2.57. The number of aliphatic hydroxyl groups is 1. The Bertz CT molecular complexity index is 566. The number of rotatable bonds is 12. The highest BCUT2D eigenvalue weighted by molar-refractivity contribution is 5.94. The molecule has 12 nitrogen and oxygen atoms in total. The first-order valence-electron chi connectivity index (χ1n) is 8.18. The first-order chi connectivity index (χ1) is 12.5. The fourth-order valence-electron chi connectivity index (χ4n) is 1.86. The summed E-state index contributed by atoms with van der Waals surface area (Å²) in [7, 11) is 0. The minimum absolute atomic E-state index is 0.236. The van der Waals surface area contributed by atoms with Gasteiger partial charge >= 0.3 is 11.9 Å². The fourth-order valence-corrected chi connectivity index (χ4v) is 1.86. The molecule has 0 saturated carbocycles. The monoisotopic (exact) mass is 390 g/mol. The van der Waals surface area contributed by atoms with Gasteiger partial charge in [-0.2, -0.15) is 0 Å². The van der Waals surface area contributed by atoms with Crippen LogP contribution in [0.15, 0.2) is 0 Å². The predicted molar refractivity (Wildman–Crippen MR) is 91.3 cm³/mol. The summed E-state index contributed by atoms with van der Waals surface area (Å²) in [6.45, 7) is 1.83. The number of nitrogens with two attached hydrogens (primary N) is 1. The van der Waals surface area contributed by atoms with E-state index in [1.165, 1.54) is 0 Å². The Morgan fingerprint density at radius 3 is 1.89 bits per heavy atom. The van der Waals surface area contributed by atoms with Gasteiger partial charge < -0.3 is 37.0 Å². The van der Waals surface area contributed by atoms with E-state index in [2.05, 4.69) is 10.6 Å². The van der Waals surface area contributed by atoms with Crippen LogP contribution in [0.1, 0.15) is 26.7 Å². The zero-order valence-corrected chi connectivity index (χ0v) is 15.1. The molecule has 0 rings (SSSR count). The summed E-state index contributed by atoms with van der Waals surface area (Å²) in [4.78, 5) is 57.4. The summed E-state index contributed by atoms with van der Waals surface area (Å²) in [5, 5.41) is 33.0. The van der Waals surface area contributed by atoms with Gasteiger partial charge in [-0.05, 0) is 12.3 Å². The van der Waals surface area contributed by atoms with Crippen LogP contribution < -0.4 is 21.7 Å². The molecule has 0 fully saturated rings. The molecule has 154 valence electrons. The van der Waals surface area contributed by atoms with Crippen molar-refractivity contribution in [1.82, 2.24) is 16.0 Å². The van der Waals surface area contributed by atoms with E-state index >= 15 is 0 Å². The van der Waals surface area contributed by atoms with Gasteiger partial charge in [0, 0.05) is 6.42 Å². The Balaban J connectivity index is 5.08. The highest BCUT2D eigenvalue weighted by Crippen LogP contribution is 2.03. The summed E-state index contributed by atoms with van der Waals surface area (Å²) in [6.07, 6.45) is -0.711. The van der Waals surface area contributed by atoms with Crippen LogP contribution in [0.3, 0.4) is 0 Å². The zero-order valence-electron chi connectivity index (χ0n) is 15.1. The van der Waals surface area contributed by atoms with Gasteiger partial charge in [0.1, 0.15) is 18.6 Å². The standard InChI is InChI=1S/C15H26N4O8/c1-7(2)12(16)15(27)18-8(3-4-10(21)22)14(26)19-9(6-20)13(25)17-5-11(23)24/h7-9,12,20H,3-6,16H2,1-2H3,(H,17,25)(H,18,27)(H,19,26)(H,21,22)(H,23,24).